The summed E-state index contributed by atoms with van der Waals surface area (Å²) in [5.74, 6) is -1.30. The van der Waals surface area contributed by atoms with Crippen LogP contribution < -0.4 is 4.74 Å². The van der Waals surface area contributed by atoms with Gasteiger partial charge in [-0.25, -0.2) is 4.79 Å². The third-order valence-electron chi connectivity index (χ3n) is 2.67. The first-order valence-corrected chi connectivity index (χ1v) is 6.27. The van der Waals surface area contributed by atoms with E-state index in [1.807, 2.05) is 0 Å². The van der Waals surface area contributed by atoms with Crippen LogP contribution in [0.3, 0.4) is 0 Å². The smallest absolute Gasteiger partial charge is 0.416 e. The first kappa shape index (κ1) is 15.4. The maximum atomic E-state index is 12.8. The number of rotatable bonds is 3. The van der Waals surface area contributed by atoms with Crippen molar-refractivity contribution in [3.05, 3.63) is 33.9 Å². The molecular formula is C12H8BrF3N2O3. The number of nitrogens with one attached hydrogen (secondary N) is 1. The molecule has 0 saturated carbocycles. The number of carboxylic acid groups (broad SMARTS) is 1. The number of carbonyl (C=O) groups is 1. The Morgan fingerprint density at radius 2 is 2.05 bits per heavy atom. The molecule has 1 aromatic heterocycles. The Balaban J connectivity index is 2.60. The van der Waals surface area contributed by atoms with Crippen molar-refractivity contribution in [2.24, 2.45) is 0 Å². The lowest BCUT2D eigenvalue weighted by molar-refractivity contribution is -0.137. The lowest BCUT2D eigenvalue weighted by Crippen LogP contribution is -2.06. The normalized spacial score (nSPS) is 11.5. The molecule has 0 aliphatic carbocycles. The van der Waals surface area contributed by atoms with Crippen molar-refractivity contribution in [3.63, 3.8) is 0 Å². The van der Waals surface area contributed by atoms with Gasteiger partial charge in [0.2, 0.25) is 0 Å². The molecule has 0 aliphatic rings. The molecule has 21 heavy (non-hydrogen) atoms. The van der Waals surface area contributed by atoms with E-state index in [-0.39, 0.29) is 27.2 Å². The van der Waals surface area contributed by atoms with Gasteiger partial charge in [-0.15, -0.1) is 0 Å². The number of H-pyrrole nitrogens is 1. The molecule has 2 rings (SSSR count). The van der Waals surface area contributed by atoms with Crippen molar-refractivity contribution < 1.29 is 27.8 Å². The molecule has 0 unspecified atom stereocenters. The molecule has 0 radical (unpaired) electrons. The Morgan fingerprint density at radius 1 is 1.38 bits per heavy atom. The number of aromatic amines is 1. The van der Waals surface area contributed by atoms with Crippen LogP contribution >= 0.6 is 15.9 Å². The lowest BCUT2D eigenvalue weighted by atomic mass is 10.1. The summed E-state index contributed by atoms with van der Waals surface area (Å²) in [5.41, 5.74) is -0.679. The fourth-order valence-corrected chi connectivity index (χ4v) is 2.36. The van der Waals surface area contributed by atoms with Gasteiger partial charge in [-0.05, 0) is 34.1 Å². The van der Waals surface area contributed by atoms with Crippen molar-refractivity contribution in [1.82, 2.24) is 10.2 Å². The maximum absolute atomic E-state index is 12.8. The van der Waals surface area contributed by atoms with Crippen molar-refractivity contribution in [2.75, 3.05) is 7.11 Å². The van der Waals surface area contributed by atoms with Crippen LogP contribution in [0.25, 0.3) is 11.3 Å². The molecule has 0 bridgehead atoms. The molecule has 5 nitrogen and oxygen atoms in total. The zero-order valence-electron chi connectivity index (χ0n) is 10.5. The summed E-state index contributed by atoms with van der Waals surface area (Å²) in [5, 5.41) is 14.9. The van der Waals surface area contributed by atoms with Crippen molar-refractivity contribution in [1.29, 1.82) is 0 Å². The summed E-state index contributed by atoms with van der Waals surface area (Å²) in [6.07, 6.45) is -4.52. The van der Waals surface area contributed by atoms with Crippen molar-refractivity contribution in [3.8, 4) is 17.0 Å². The zero-order chi connectivity index (χ0) is 15.8. The highest BCUT2D eigenvalue weighted by atomic mass is 79.9. The van der Waals surface area contributed by atoms with Gasteiger partial charge in [0.15, 0.2) is 0 Å². The van der Waals surface area contributed by atoms with Gasteiger partial charge in [-0.1, -0.05) is 0 Å². The second-order valence-corrected chi connectivity index (χ2v) is 4.86. The van der Waals surface area contributed by atoms with Crippen LogP contribution in [0.5, 0.6) is 5.75 Å². The van der Waals surface area contributed by atoms with E-state index < -0.39 is 17.7 Å². The fraction of sp³-hybridized carbons (Fsp3) is 0.167. The van der Waals surface area contributed by atoms with E-state index >= 15 is 0 Å². The summed E-state index contributed by atoms with van der Waals surface area (Å²) in [4.78, 5) is 10.8. The van der Waals surface area contributed by atoms with E-state index in [1.54, 1.807) is 0 Å². The van der Waals surface area contributed by atoms with E-state index in [0.29, 0.717) is 0 Å². The summed E-state index contributed by atoms with van der Waals surface area (Å²) in [6.45, 7) is 0. The Hall–Kier alpha value is -2.03. The van der Waals surface area contributed by atoms with Crippen molar-refractivity contribution in [2.45, 2.75) is 6.18 Å². The predicted octanol–water partition coefficient (Wildman–Crippen LogP) is 3.56. The summed E-state index contributed by atoms with van der Waals surface area (Å²) in [6, 6.07) is 2.92. The van der Waals surface area contributed by atoms with Crippen molar-refractivity contribution >= 4 is 21.9 Å². The second kappa shape index (κ2) is 5.40. The maximum Gasteiger partial charge on any atom is 0.416 e. The second-order valence-electron chi connectivity index (χ2n) is 4.01. The average Bonchev–Trinajstić information content (AvgIpc) is 2.85. The van der Waals surface area contributed by atoms with E-state index in [0.717, 1.165) is 12.1 Å². The van der Waals surface area contributed by atoms with Crippen LogP contribution in [-0.2, 0) is 6.18 Å². The van der Waals surface area contributed by atoms with Gasteiger partial charge in [0.25, 0.3) is 0 Å². The van der Waals surface area contributed by atoms with Crippen LogP contribution in [0.2, 0.25) is 0 Å². The van der Waals surface area contributed by atoms with Crippen LogP contribution in [0, 0.1) is 0 Å². The molecule has 2 N–H and O–H groups in total. The number of carboxylic acids is 1. The molecule has 9 heteroatoms. The molecule has 2 aromatic rings. The summed E-state index contributed by atoms with van der Waals surface area (Å²) >= 11 is 3.03. The number of hydrogen-bond donors (Lipinski definition) is 2. The minimum Gasteiger partial charge on any atom is -0.496 e. The minimum absolute atomic E-state index is 0.0693. The number of aromatic nitrogens is 2. The standard InChI is InChI=1S/C12H8BrF3N2O3/c1-21-9-3-5(12(14,15)16)2-6(13)10(9)7-4-8(11(19)20)18-17-7/h2-4H,1H3,(H,17,18)(H,19,20). The van der Waals surface area contributed by atoms with E-state index in [2.05, 4.69) is 26.1 Å². The Labute approximate surface area is 124 Å². The van der Waals surface area contributed by atoms with Crippen LogP contribution in [0.15, 0.2) is 22.7 Å². The molecule has 0 spiro atoms. The van der Waals surface area contributed by atoms with Gasteiger partial charge in [-0.3, -0.25) is 5.10 Å². The molecule has 112 valence electrons. The molecule has 1 aromatic carbocycles. The highest BCUT2D eigenvalue weighted by Crippen LogP contribution is 2.41. The fourth-order valence-electron chi connectivity index (χ4n) is 1.71. The molecule has 0 amide bonds. The number of nitrogens with zero attached hydrogens (tertiary/aromatic N) is 1. The molecule has 1 heterocycles. The van der Waals surface area contributed by atoms with Gasteiger partial charge < -0.3 is 9.84 Å². The highest BCUT2D eigenvalue weighted by molar-refractivity contribution is 9.10. The average molecular weight is 365 g/mol. The van der Waals surface area contributed by atoms with Gasteiger partial charge in [0.05, 0.1) is 23.9 Å². The van der Waals surface area contributed by atoms with E-state index in [4.69, 9.17) is 9.84 Å². The van der Waals surface area contributed by atoms with Gasteiger partial charge in [0.1, 0.15) is 11.4 Å². The number of ether oxygens (including phenoxy) is 1. The minimum atomic E-state index is -4.52. The molecule has 0 aliphatic heterocycles. The molecular weight excluding hydrogens is 357 g/mol. The van der Waals surface area contributed by atoms with Gasteiger partial charge in [-0.2, -0.15) is 18.3 Å². The Bertz CT molecular complexity index is 698. The quantitative estimate of drug-likeness (QED) is 0.872. The van der Waals surface area contributed by atoms with E-state index in [9.17, 15) is 18.0 Å². The topological polar surface area (TPSA) is 75.2 Å². The summed E-state index contributed by atoms with van der Waals surface area (Å²) < 4.78 is 43.3. The number of alkyl halides is 3. The molecule has 0 fully saturated rings. The number of methoxy groups -OCH3 is 1. The number of halogens is 4. The first-order chi connectivity index (χ1) is 9.74. The zero-order valence-corrected chi connectivity index (χ0v) is 12.0. The number of aromatic carboxylic acids is 1. The van der Waals surface area contributed by atoms with Crippen LogP contribution in [0.4, 0.5) is 13.2 Å². The third kappa shape index (κ3) is 3.02. The Kier molecular flexibility index (Phi) is 3.95. The van der Waals surface area contributed by atoms with E-state index in [1.165, 1.54) is 13.2 Å². The highest BCUT2D eigenvalue weighted by Gasteiger charge is 2.32. The van der Waals surface area contributed by atoms with Gasteiger partial charge >= 0.3 is 12.1 Å². The largest absolute Gasteiger partial charge is 0.496 e. The SMILES string of the molecule is COc1cc(C(F)(F)F)cc(Br)c1-c1cc(C(=O)O)[nH]n1. The number of hydrogen-bond acceptors (Lipinski definition) is 3. The first-order valence-electron chi connectivity index (χ1n) is 5.48. The lowest BCUT2D eigenvalue weighted by Gasteiger charge is -2.13. The molecule has 0 atom stereocenters. The third-order valence-corrected chi connectivity index (χ3v) is 3.29. The van der Waals surface area contributed by atoms with Crippen LogP contribution in [0.1, 0.15) is 16.1 Å². The summed E-state index contributed by atoms with van der Waals surface area (Å²) in [7, 11) is 1.22. The van der Waals surface area contributed by atoms with Crippen LogP contribution in [-0.4, -0.2) is 28.4 Å². The van der Waals surface area contributed by atoms with Gasteiger partial charge in [0, 0.05) is 4.47 Å². The predicted molar refractivity (Wildman–Crippen MR) is 70.2 cm³/mol. The molecule has 0 saturated heterocycles. The monoisotopic (exact) mass is 364 g/mol. The Morgan fingerprint density at radius 3 is 2.52 bits per heavy atom. The number of benzene rings is 1.